The van der Waals surface area contributed by atoms with E-state index in [1.807, 2.05) is 51.1 Å². The van der Waals surface area contributed by atoms with Crippen LogP contribution in [0.25, 0.3) is 0 Å². The quantitative estimate of drug-likeness (QED) is 0.283. The summed E-state index contributed by atoms with van der Waals surface area (Å²) >= 11 is 0. The lowest BCUT2D eigenvalue weighted by Gasteiger charge is -2.35. The highest BCUT2D eigenvalue weighted by atomic mass is 16.6. The smallest absolute Gasteiger partial charge is 0.413 e. The number of hydrogen-bond donors (Lipinski definition) is 1. The summed E-state index contributed by atoms with van der Waals surface area (Å²) in [6, 6.07) is 9.42. The molecule has 8 nitrogen and oxygen atoms in total. The van der Waals surface area contributed by atoms with Gasteiger partial charge in [0.25, 0.3) is 6.02 Å². The molecular formula is C30H45N3O5. The van der Waals surface area contributed by atoms with Gasteiger partial charge in [-0.2, -0.15) is 0 Å². The number of rotatable bonds is 4. The SMILES string of the molecule is CC(C)(C)OC(=O)N1[C@@H](c2ccccc2)[C@H](C(=O)OC(=NC2CCCCC2)NC2CCCCC2)OC1(C)C. The molecule has 2 atom stereocenters. The molecule has 1 heterocycles. The Labute approximate surface area is 227 Å². The van der Waals surface area contributed by atoms with Gasteiger partial charge in [-0.05, 0) is 65.9 Å². The number of nitrogens with zero attached hydrogens (tertiary/aromatic N) is 2. The summed E-state index contributed by atoms with van der Waals surface area (Å²) in [6.45, 7) is 9.02. The average molecular weight is 528 g/mol. The lowest BCUT2D eigenvalue weighted by Crippen LogP contribution is -2.47. The molecule has 210 valence electrons. The molecule has 0 unspecified atom stereocenters. The van der Waals surface area contributed by atoms with Gasteiger partial charge < -0.3 is 19.5 Å². The molecule has 2 aliphatic carbocycles. The summed E-state index contributed by atoms with van der Waals surface area (Å²) in [5.41, 5.74) is -1.02. The van der Waals surface area contributed by atoms with Gasteiger partial charge in [0.1, 0.15) is 17.4 Å². The second-order valence-corrected chi connectivity index (χ2v) is 12.3. The standard InChI is InChI=1S/C30H45N3O5/c1-29(2,3)38-28(35)33-24(21-15-9-6-10-16-21)25(37-30(33,4)5)26(34)36-27(31-22-17-11-7-12-18-22)32-23-19-13-8-14-20-23/h6,9-10,15-16,22-25H,7-8,11-14,17-20H2,1-5H3,(H,31,32)/t24-,25+/m0/s1. The highest BCUT2D eigenvalue weighted by Gasteiger charge is 2.55. The Morgan fingerprint density at radius 2 is 1.58 bits per heavy atom. The largest absolute Gasteiger partial charge is 0.444 e. The predicted octanol–water partition coefficient (Wildman–Crippen LogP) is 6.25. The van der Waals surface area contributed by atoms with Gasteiger partial charge in [0.15, 0.2) is 6.10 Å². The van der Waals surface area contributed by atoms with Gasteiger partial charge >= 0.3 is 12.1 Å². The molecule has 1 amide bonds. The van der Waals surface area contributed by atoms with Crippen molar-refractivity contribution in [3.05, 3.63) is 35.9 Å². The van der Waals surface area contributed by atoms with Gasteiger partial charge in [0.2, 0.25) is 0 Å². The fourth-order valence-electron chi connectivity index (χ4n) is 5.74. The van der Waals surface area contributed by atoms with Crippen LogP contribution in [0.3, 0.4) is 0 Å². The van der Waals surface area contributed by atoms with Crippen LogP contribution in [-0.4, -0.2) is 52.5 Å². The number of benzene rings is 1. The molecule has 1 N–H and O–H groups in total. The summed E-state index contributed by atoms with van der Waals surface area (Å²) in [5.74, 6) is -0.559. The molecule has 1 aliphatic heterocycles. The van der Waals surface area contributed by atoms with Crippen LogP contribution in [0, 0.1) is 0 Å². The first-order chi connectivity index (χ1) is 18.0. The van der Waals surface area contributed by atoms with Gasteiger partial charge in [-0.15, -0.1) is 0 Å². The second kappa shape index (κ2) is 12.1. The zero-order chi connectivity index (χ0) is 27.3. The van der Waals surface area contributed by atoms with Gasteiger partial charge in [0.05, 0.1) is 6.04 Å². The number of carbonyl (C=O) groups is 2. The molecule has 1 saturated heterocycles. The summed E-state index contributed by atoms with van der Waals surface area (Å²) in [5, 5.41) is 3.44. The van der Waals surface area contributed by atoms with Gasteiger partial charge in [-0.3, -0.25) is 4.90 Å². The van der Waals surface area contributed by atoms with E-state index in [0.29, 0.717) is 0 Å². The first-order valence-electron chi connectivity index (χ1n) is 14.3. The summed E-state index contributed by atoms with van der Waals surface area (Å²) in [4.78, 5) is 33.6. The number of aliphatic imine (C=N–C) groups is 1. The van der Waals surface area contributed by atoms with Crippen LogP contribution in [0.5, 0.6) is 0 Å². The molecule has 1 aromatic rings. The Morgan fingerprint density at radius 3 is 2.18 bits per heavy atom. The first-order valence-corrected chi connectivity index (χ1v) is 14.3. The number of amidine groups is 1. The Kier molecular flexibility index (Phi) is 9.01. The Hall–Kier alpha value is -2.61. The van der Waals surface area contributed by atoms with E-state index < -0.39 is 35.5 Å². The number of hydrogen-bond acceptors (Lipinski definition) is 6. The Bertz CT molecular complexity index is 975. The third-order valence-electron chi connectivity index (χ3n) is 7.53. The lowest BCUT2D eigenvalue weighted by atomic mass is 9.95. The van der Waals surface area contributed by atoms with Crippen molar-refractivity contribution >= 4 is 18.1 Å². The Balaban J connectivity index is 1.61. The van der Waals surface area contributed by atoms with Crippen LogP contribution in [0.15, 0.2) is 35.3 Å². The number of carbonyl (C=O) groups excluding carboxylic acids is 2. The zero-order valence-corrected chi connectivity index (χ0v) is 23.7. The third kappa shape index (κ3) is 7.28. The molecule has 8 heteroatoms. The molecule has 3 aliphatic rings. The van der Waals surface area contributed by atoms with Crippen molar-refractivity contribution in [2.45, 2.75) is 134 Å². The highest BCUT2D eigenvalue weighted by Crippen LogP contribution is 2.43. The van der Waals surface area contributed by atoms with E-state index in [0.717, 1.165) is 56.9 Å². The van der Waals surface area contributed by atoms with Crippen LogP contribution >= 0.6 is 0 Å². The molecule has 0 aromatic heterocycles. The summed E-state index contributed by atoms with van der Waals surface area (Å²) in [7, 11) is 0. The predicted molar refractivity (Wildman–Crippen MR) is 147 cm³/mol. The average Bonchev–Trinajstić information content (AvgIpc) is 3.16. The van der Waals surface area contributed by atoms with Gasteiger partial charge in [-0.1, -0.05) is 68.9 Å². The highest BCUT2D eigenvalue weighted by molar-refractivity contribution is 5.91. The monoisotopic (exact) mass is 527 g/mol. The van der Waals surface area contributed by atoms with Crippen molar-refractivity contribution in [1.29, 1.82) is 0 Å². The van der Waals surface area contributed by atoms with E-state index in [-0.39, 0.29) is 18.1 Å². The number of amides is 1. The molecule has 3 fully saturated rings. The Morgan fingerprint density at radius 1 is 0.974 bits per heavy atom. The van der Waals surface area contributed by atoms with Crippen LogP contribution in [-0.2, 0) is 19.0 Å². The minimum atomic E-state index is -1.09. The van der Waals surface area contributed by atoms with E-state index >= 15 is 0 Å². The van der Waals surface area contributed by atoms with E-state index in [1.54, 1.807) is 13.8 Å². The minimum Gasteiger partial charge on any atom is -0.444 e. The maximum atomic E-state index is 13.8. The summed E-state index contributed by atoms with van der Waals surface area (Å²) < 4.78 is 18.0. The van der Waals surface area contributed by atoms with Gasteiger partial charge in [-0.25, -0.2) is 14.6 Å². The second-order valence-electron chi connectivity index (χ2n) is 12.3. The van der Waals surface area contributed by atoms with E-state index in [9.17, 15) is 9.59 Å². The van der Waals surface area contributed by atoms with Crippen molar-refractivity contribution in [1.82, 2.24) is 10.2 Å². The number of esters is 1. The molecule has 1 aromatic carbocycles. The lowest BCUT2D eigenvalue weighted by molar-refractivity contribution is -0.154. The molecule has 0 radical (unpaired) electrons. The number of ether oxygens (including phenoxy) is 3. The van der Waals surface area contributed by atoms with Crippen molar-refractivity contribution in [2.24, 2.45) is 4.99 Å². The van der Waals surface area contributed by atoms with E-state index in [1.165, 1.54) is 17.7 Å². The maximum Gasteiger partial charge on any atom is 0.413 e. The molecule has 0 spiro atoms. The normalized spacial score (nSPS) is 25.2. The van der Waals surface area contributed by atoms with Gasteiger partial charge in [0, 0.05) is 6.04 Å². The fourth-order valence-corrected chi connectivity index (χ4v) is 5.74. The maximum absolute atomic E-state index is 13.8. The van der Waals surface area contributed by atoms with Crippen molar-refractivity contribution in [3.63, 3.8) is 0 Å². The molecule has 2 saturated carbocycles. The fraction of sp³-hybridized carbons (Fsp3) is 0.700. The van der Waals surface area contributed by atoms with Crippen LogP contribution in [0.2, 0.25) is 0 Å². The van der Waals surface area contributed by atoms with Crippen molar-refractivity contribution in [3.8, 4) is 0 Å². The van der Waals surface area contributed by atoms with E-state index in [2.05, 4.69) is 5.32 Å². The molecular weight excluding hydrogens is 482 g/mol. The zero-order valence-electron chi connectivity index (χ0n) is 23.7. The molecule has 0 bridgehead atoms. The summed E-state index contributed by atoms with van der Waals surface area (Å²) in [6.07, 6.45) is 9.54. The molecule has 4 rings (SSSR count). The first kappa shape index (κ1) is 28.4. The minimum absolute atomic E-state index is 0.145. The van der Waals surface area contributed by atoms with Crippen LogP contribution in [0.4, 0.5) is 4.79 Å². The topological polar surface area (TPSA) is 89.5 Å². The van der Waals surface area contributed by atoms with Crippen molar-refractivity contribution in [2.75, 3.05) is 0 Å². The van der Waals surface area contributed by atoms with E-state index in [4.69, 9.17) is 19.2 Å². The van der Waals surface area contributed by atoms with Crippen LogP contribution in [0.1, 0.15) is 110 Å². The molecule has 38 heavy (non-hydrogen) atoms. The third-order valence-corrected chi connectivity index (χ3v) is 7.53. The van der Waals surface area contributed by atoms with Crippen LogP contribution < -0.4 is 5.32 Å². The number of nitrogens with one attached hydrogen (secondary N) is 1. The van der Waals surface area contributed by atoms with Crippen molar-refractivity contribution < 1.29 is 23.8 Å².